The summed E-state index contributed by atoms with van der Waals surface area (Å²) in [5.74, 6) is 2.34. The highest BCUT2D eigenvalue weighted by molar-refractivity contribution is 5.81. The molecule has 4 rings (SSSR count). The third-order valence-corrected chi connectivity index (χ3v) is 6.35. The molecule has 0 aliphatic heterocycles. The van der Waals surface area contributed by atoms with E-state index in [9.17, 15) is 0 Å². The number of rotatable bonds is 3. The third-order valence-electron chi connectivity index (χ3n) is 6.35. The number of hydrogen-bond donors (Lipinski definition) is 0. The predicted octanol–water partition coefficient (Wildman–Crippen LogP) is 7.24. The molecule has 2 aromatic rings. The number of hydrogen-bond acceptors (Lipinski definition) is 0. The van der Waals surface area contributed by atoms with Crippen molar-refractivity contribution < 1.29 is 0 Å². The molecule has 0 heteroatoms. The standard InChI is InChI=1S/C25H30/c1-17(2)19-11-13-21(14-12-19)24-6-4-5-22-15-23(16-25(22)24)20-9-7-18(3)8-10-20/h4-6,11-14,16-18,20H,7-10,15H2,1-3H3. The van der Waals surface area contributed by atoms with Gasteiger partial charge in [-0.05, 0) is 64.8 Å². The molecule has 0 amide bonds. The maximum absolute atomic E-state index is 2.53. The third kappa shape index (κ3) is 3.32. The largest absolute Gasteiger partial charge is 0.0625 e. The monoisotopic (exact) mass is 330 g/mol. The Balaban J connectivity index is 1.63. The van der Waals surface area contributed by atoms with Gasteiger partial charge in [0.25, 0.3) is 0 Å². The molecule has 0 saturated heterocycles. The average Bonchev–Trinajstić information content (AvgIpc) is 3.06. The lowest BCUT2D eigenvalue weighted by Crippen LogP contribution is -2.14. The van der Waals surface area contributed by atoms with Gasteiger partial charge < -0.3 is 0 Å². The van der Waals surface area contributed by atoms with Crippen molar-refractivity contribution in [2.75, 3.05) is 0 Å². The van der Waals surface area contributed by atoms with E-state index in [1.807, 2.05) is 0 Å². The molecule has 1 saturated carbocycles. The van der Waals surface area contributed by atoms with Gasteiger partial charge in [0.1, 0.15) is 0 Å². The fourth-order valence-corrected chi connectivity index (χ4v) is 4.59. The van der Waals surface area contributed by atoms with Crippen molar-refractivity contribution in [3.63, 3.8) is 0 Å². The quantitative estimate of drug-likeness (QED) is 0.556. The van der Waals surface area contributed by atoms with Gasteiger partial charge in [0, 0.05) is 0 Å². The molecule has 0 heterocycles. The molecular weight excluding hydrogens is 300 g/mol. The minimum absolute atomic E-state index is 0.593. The highest BCUT2D eigenvalue weighted by Gasteiger charge is 2.25. The Bertz CT molecular complexity index is 768. The van der Waals surface area contributed by atoms with Crippen LogP contribution in [0.25, 0.3) is 17.2 Å². The molecule has 1 fully saturated rings. The minimum Gasteiger partial charge on any atom is -0.0625 e. The molecule has 0 bridgehead atoms. The van der Waals surface area contributed by atoms with Crippen LogP contribution < -0.4 is 0 Å². The van der Waals surface area contributed by atoms with E-state index >= 15 is 0 Å². The van der Waals surface area contributed by atoms with Crippen LogP contribution in [0.4, 0.5) is 0 Å². The van der Waals surface area contributed by atoms with Crippen LogP contribution in [-0.2, 0) is 6.42 Å². The summed E-state index contributed by atoms with van der Waals surface area (Å²) in [6.07, 6.45) is 9.29. The minimum atomic E-state index is 0.593. The van der Waals surface area contributed by atoms with Gasteiger partial charge in [-0.3, -0.25) is 0 Å². The zero-order valence-corrected chi connectivity index (χ0v) is 15.9. The number of fused-ring (bicyclic) bond motifs is 1. The van der Waals surface area contributed by atoms with Crippen LogP contribution in [0.15, 0.2) is 48.0 Å². The van der Waals surface area contributed by atoms with Crippen LogP contribution in [0, 0.1) is 11.8 Å². The van der Waals surface area contributed by atoms with E-state index in [-0.39, 0.29) is 0 Å². The van der Waals surface area contributed by atoms with Gasteiger partial charge in [-0.2, -0.15) is 0 Å². The van der Waals surface area contributed by atoms with Crippen LogP contribution in [-0.4, -0.2) is 0 Å². The summed E-state index contributed by atoms with van der Waals surface area (Å²) >= 11 is 0. The Labute approximate surface area is 153 Å². The van der Waals surface area contributed by atoms with E-state index in [1.54, 1.807) is 5.57 Å². The molecule has 2 aromatic carbocycles. The molecule has 25 heavy (non-hydrogen) atoms. The van der Waals surface area contributed by atoms with E-state index in [0.717, 1.165) is 11.8 Å². The maximum atomic E-state index is 2.53. The van der Waals surface area contributed by atoms with Crippen molar-refractivity contribution in [3.8, 4) is 11.1 Å². The first-order chi connectivity index (χ1) is 12.1. The molecule has 0 nitrogen and oxygen atoms in total. The predicted molar refractivity (Wildman–Crippen MR) is 109 cm³/mol. The Morgan fingerprint density at radius 2 is 1.60 bits per heavy atom. The smallest absolute Gasteiger partial charge is 0.00548 e. The highest BCUT2D eigenvalue weighted by Crippen LogP contribution is 2.41. The molecule has 2 aliphatic rings. The fraction of sp³-hybridized carbons (Fsp3) is 0.440. The van der Waals surface area contributed by atoms with Gasteiger partial charge >= 0.3 is 0 Å². The molecule has 0 aromatic heterocycles. The molecule has 2 aliphatic carbocycles. The molecule has 0 atom stereocenters. The van der Waals surface area contributed by atoms with Crippen molar-refractivity contribution in [1.29, 1.82) is 0 Å². The second-order valence-electron chi connectivity index (χ2n) is 8.51. The average molecular weight is 331 g/mol. The van der Waals surface area contributed by atoms with Crippen molar-refractivity contribution in [1.82, 2.24) is 0 Å². The lowest BCUT2D eigenvalue weighted by molar-refractivity contribution is 0.319. The van der Waals surface area contributed by atoms with Crippen LogP contribution in [0.2, 0.25) is 0 Å². The Morgan fingerprint density at radius 1 is 0.880 bits per heavy atom. The lowest BCUT2D eigenvalue weighted by Gasteiger charge is -2.27. The van der Waals surface area contributed by atoms with Gasteiger partial charge in [-0.1, -0.05) is 87.7 Å². The van der Waals surface area contributed by atoms with Crippen molar-refractivity contribution in [2.45, 2.75) is 58.8 Å². The Morgan fingerprint density at radius 3 is 2.28 bits per heavy atom. The summed E-state index contributed by atoms with van der Waals surface area (Å²) in [5, 5.41) is 0. The van der Waals surface area contributed by atoms with E-state index in [4.69, 9.17) is 0 Å². The highest BCUT2D eigenvalue weighted by atomic mass is 14.3. The lowest BCUT2D eigenvalue weighted by atomic mass is 9.79. The molecule has 0 spiro atoms. The first-order valence-corrected chi connectivity index (χ1v) is 10.0. The van der Waals surface area contributed by atoms with Crippen LogP contribution in [0.5, 0.6) is 0 Å². The summed E-state index contributed by atoms with van der Waals surface area (Å²) in [7, 11) is 0. The molecule has 0 radical (unpaired) electrons. The summed E-state index contributed by atoms with van der Waals surface area (Å²) in [6.45, 7) is 6.93. The van der Waals surface area contributed by atoms with Crippen LogP contribution >= 0.6 is 0 Å². The van der Waals surface area contributed by atoms with Crippen molar-refractivity contribution in [2.24, 2.45) is 11.8 Å². The number of benzene rings is 2. The van der Waals surface area contributed by atoms with Crippen molar-refractivity contribution in [3.05, 3.63) is 64.7 Å². The second kappa shape index (κ2) is 6.83. The molecule has 0 unspecified atom stereocenters. The second-order valence-corrected chi connectivity index (χ2v) is 8.51. The number of allylic oxidation sites excluding steroid dienone is 1. The Kier molecular flexibility index (Phi) is 4.54. The maximum Gasteiger partial charge on any atom is -0.00548 e. The molecule has 0 N–H and O–H groups in total. The van der Waals surface area contributed by atoms with E-state index < -0.39 is 0 Å². The normalized spacial score (nSPS) is 22.8. The van der Waals surface area contributed by atoms with Gasteiger partial charge in [0.05, 0.1) is 0 Å². The first-order valence-electron chi connectivity index (χ1n) is 10.0. The van der Waals surface area contributed by atoms with E-state index in [2.05, 4.69) is 69.3 Å². The zero-order chi connectivity index (χ0) is 17.4. The van der Waals surface area contributed by atoms with Gasteiger partial charge in [-0.15, -0.1) is 0 Å². The van der Waals surface area contributed by atoms with Crippen LogP contribution in [0.1, 0.15) is 69.1 Å². The van der Waals surface area contributed by atoms with Gasteiger partial charge in [0.2, 0.25) is 0 Å². The SMILES string of the molecule is CC1CCC(C2=Cc3c(cccc3-c3ccc(C(C)C)cc3)C2)CC1. The summed E-state index contributed by atoms with van der Waals surface area (Å²) < 4.78 is 0. The topological polar surface area (TPSA) is 0 Å². The van der Waals surface area contributed by atoms with Gasteiger partial charge in [0.15, 0.2) is 0 Å². The van der Waals surface area contributed by atoms with Crippen molar-refractivity contribution >= 4 is 6.08 Å². The summed E-state index contributed by atoms with van der Waals surface area (Å²) in [4.78, 5) is 0. The Hall–Kier alpha value is -1.82. The van der Waals surface area contributed by atoms with Crippen LogP contribution in [0.3, 0.4) is 0 Å². The molecule has 130 valence electrons. The van der Waals surface area contributed by atoms with Gasteiger partial charge in [-0.25, -0.2) is 0 Å². The first kappa shape index (κ1) is 16.6. The molecular formula is C25H30. The zero-order valence-electron chi connectivity index (χ0n) is 15.9. The van der Waals surface area contributed by atoms with E-state index in [0.29, 0.717) is 5.92 Å². The fourth-order valence-electron chi connectivity index (χ4n) is 4.59. The van der Waals surface area contributed by atoms with E-state index in [1.165, 1.54) is 59.9 Å². The summed E-state index contributed by atoms with van der Waals surface area (Å²) in [5.41, 5.74) is 8.88. The summed E-state index contributed by atoms with van der Waals surface area (Å²) in [6, 6.07) is 16.1.